The van der Waals surface area contributed by atoms with Crippen molar-refractivity contribution in [3.05, 3.63) is 28.3 Å². The molecule has 0 bridgehead atoms. The third kappa shape index (κ3) is 5.38. The van der Waals surface area contributed by atoms with E-state index in [2.05, 4.69) is 24.1 Å². The zero-order valence-corrected chi connectivity index (χ0v) is 19.7. The summed E-state index contributed by atoms with van der Waals surface area (Å²) in [5, 5.41) is 3.02. The maximum atomic E-state index is 13.3. The highest BCUT2D eigenvalue weighted by molar-refractivity contribution is 7.89. The first-order chi connectivity index (χ1) is 13.6. The van der Waals surface area contributed by atoms with Crippen molar-refractivity contribution >= 4 is 15.9 Å². The predicted octanol–water partition coefficient (Wildman–Crippen LogP) is 2.78. The number of likely N-dealkylation sites (N-methyl/N-ethyl adjacent to an activating group) is 1. The molecule has 1 aromatic carbocycles. The van der Waals surface area contributed by atoms with Crippen LogP contribution < -0.4 is 5.32 Å². The number of benzene rings is 1. The molecule has 0 unspecified atom stereocenters. The van der Waals surface area contributed by atoms with Gasteiger partial charge in [-0.3, -0.25) is 4.79 Å². The highest BCUT2D eigenvalue weighted by Gasteiger charge is 2.34. The van der Waals surface area contributed by atoms with Gasteiger partial charge in [0, 0.05) is 32.1 Å². The summed E-state index contributed by atoms with van der Waals surface area (Å²) in [4.78, 5) is 15.2. The van der Waals surface area contributed by atoms with E-state index in [0.717, 1.165) is 41.9 Å². The molecular formula is C22H37N3O3S. The maximum Gasteiger partial charge on any atom is 0.243 e. The number of hydrogen-bond acceptors (Lipinski definition) is 4. The van der Waals surface area contributed by atoms with Gasteiger partial charge in [0.15, 0.2) is 0 Å². The molecule has 6 nitrogen and oxygen atoms in total. The Kier molecular flexibility index (Phi) is 8.26. The van der Waals surface area contributed by atoms with Gasteiger partial charge in [-0.1, -0.05) is 19.9 Å². The maximum absolute atomic E-state index is 13.3. The Morgan fingerprint density at radius 3 is 2.07 bits per heavy atom. The first kappa shape index (κ1) is 23.8. The smallest absolute Gasteiger partial charge is 0.243 e. The summed E-state index contributed by atoms with van der Waals surface area (Å²) in [6.07, 6.45) is 1.14. The Balaban J connectivity index is 2.01. The van der Waals surface area contributed by atoms with E-state index in [9.17, 15) is 13.2 Å². The lowest BCUT2D eigenvalue weighted by Crippen LogP contribution is -2.44. The summed E-state index contributed by atoms with van der Waals surface area (Å²) in [5.74, 6) is -0.0624. The van der Waals surface area contributed by atoms with Crippen molar-refractivity contribution in [3.63, 3.8) is 0 Å². The summed E-state index contributed by atoms with van der Waals surface area (Å²) in [6, 6.07) is 2.04. The molecule has 1 aliphatic heterocycles. The van der Waals surface area contributed by atoms with Crippen LogP contribution in [0.4, 0.5) is 0 Å². The van der Waals surface area contributed by atoms with Crippen LogP contribution in [0.15, 0.2) is 11.0 Å². The largest absolute Gasteiger partial charge is 0.355 e. The third-order valence-corrected chi connectivity index (χ3v) is 8.51. The third-order valence-electron chi connectivity index (χ3n) is 6.34. The fraction of sp³-hybridized carbons (Fsp3) is 0.682. The summed E-state index contributed by atoms with van der Waals surface area (Å²) in [6.45, 7) is 16.1. The number of sulfonamides is 1. The zero-order valence-electron chi connectivity index (χ0n) is 18.8. The van der Waals surface area contributed by atoms with Gasteiger partial charge in [0.1, 0.15) is 0 Å². The molecule has 7 heteroatoms. The summed E-state index contributed by atoms with van der Waals surface area (Å²) < 4.78 is 28.2. The van der Waals surface area contributed by atoms with E-state index < -0.39 is 10.0 Å². The van der Waals surface area contributed by atoms with Gasteiger partial charge in [0.05, 0.1) is 4.90 Å². The summed E-state index contributed by atoms with van der Waals surface area (Å²) in [7, 11) is -3.56. The van der Waals surface area contributed by atoms with Gasteiger partial charge in [0.25, 0.3) is 0 Å². The van der Waals surface area contributed by atoms with E-state index in [-0.39, 0.29) is 11.8 Å². The van der Waals surface area contributed by atoms with E-state index in [1.165, 1.54) is 0 Å². The van der Waals surface area contributed by atoms with Crippen LogP contribution >= 0.6 is 0 Å². The monoisotopic (exact) mass is 423 g/mol. The fourth-order valence-corrected chi connectivity index (χ4v) is 6.12. The van der Waals surface area contributed by atoms with Crippen molar-refractivity contribution < 1.29 is 13.2 Å². The highest BCUT2D eigenvalue weighted by Crippen LogP contribution is 2.31. The first-order valence-corrected chi connectivity index (χ1v) is 12.1. The lowest BCUT2D eigenvalue weighted by Gasteiger charge is -2.32. The fourth-order valence-electron chi connectivity index (χ4n) is 4.08. The van der Waals surface area contributed by atoms with Gasteiger partial charge in [-0.05, 0) is 75.9 Å². The standard InChI is InChI=1S/C22H37N3O3S/c1-7-24(8-2)14-11-23-22(26)20-9-12-25(13-10-20)29(27,28)21-18(5)16(3)15-17(4)19(21)6/h15,20H,7-14H2,1-6H3,(H,23,26). The molecule has 1 heterocycles. The Morgan fingerprint density at radius 1 is 1.07 bits per heavy atom. The zero-order chi connectivity index (χ0) is 21.8. The number of piperidine rings is 1. The van der Waals surface area contributed by atoms with Gasteiger partial charge in [-0.2, -0.15) is 4.31 Å². The molecule has 1 N–H and O–H groups in total. The Bertz CT molecular complexity index is 798. The molecule has 0 aromatic heterocycles. The molecule has 0 aliphatic carbocycles. The van der Waals surface area contributed by atoms with Crippen LogP contribution in [0.25, 0.3) is 0 Å². The van der Waals surface area contributed by atoms with Crippen molar-refractivity contribution in [2.24, 2.45) is 5.92 Å². The van der Waals surface area contributed by atoms with Crippen LogP contribution in [0.1, 0.15) is 48.9 Å². The van der Waals surface area contributed by atoms with Gasteiger partial charge < -0.3 is 10.2 Å². The number of aryl methyl sites for hydroxylation is 2. The Morgan fingerprint density at radius 2 is 1.59 bits per heavy atom. The van der Waals surface area contributed by atoms with Crippen LogP contribution in [0.5, 0.6) is 0 Å². The van der Waals surface area contributed by atoms with Crippen LogP contribution in [0.2, 0.25) is 0 Å². The molecule has 0 saturated carbocycles. The van der Waals surface area contributed by atoms with Crippen LogP contribution in [-0.4, -0.2) is 62.8 Å². The van der Waals surface area contributed by atoms with Gasteiger partial charge in [-0.15, -0.1) is 0 Å². The average Bonchev–Trinajstić information content (AvgIpc) is 2.69. The van der Waals surface area contributed by atoms with E-state index in [1.807, 2.05) is 33.8 Å². The molecular weight excluding hydrogens is 386 g/mol. The van der Waals surface area contributed by atoms with Crippen molar-refractivity contribution in [1.29, 1.82) is 0 Å². The van der Waals surface area contributed by atoms with Gasteiger partial charge in [-0.25, -0.2) is 8.42 Å². The van der Waals surface area contributed by atoms with E-state index in [4.69, 9.17) is 0 Å². The van der Waals surface area contributed by atoms with E-state index >= 15 is 0 Å². The normalized spacial score (nSPS) is 16.4. The van der Waals surface area contributed by atoms with Crippen LogP contribution in [0.3, 0.4) is 0 Å². The number of nitrogens with one attached hydrogen (secondary N) is 1. The van der Waals surface area contributed by atoms with Crippen LogP contribution in [-0.2, 0) is 14.8 Å². The second-order valence-corrected chi connectivity index (χ2v) is 9.96. The van der Waals surface area contributed by atoms with Crippen molar-refractivity contribution in [1.82, 2.24) is 14.5 Å². The average molecular weight is 424 g/mol. The van der Waals surface area contributed by atoms with Gasteiger partial charge in [0.2, 0.25) is 15.9 Å². The lowest BCUT2D eigenvalue weighted by molar-refractivity contribution is -0.126. The van der Waals surface area contributed by atoms with Crippen LogP contribution in [0, 0.1) is 33.6 Å². The molecule has 1 saturated heterocycles. The van der Waals surface area contributed by atoms with Crippen molar-refractivity contribution in [2.75, 3.05) is 39.3 Å². The van der Waals surface area contributed by atoms with Crippen molar-refractivity contribution in [3.8, 4) is 0 Å². The molecule has 2 rings (SSSR count). The second kappa shape index (κ2) is 10.0. The molecule has 0 atom stereocenters. The molecule has 1 aromatic rings. The lowest BCUT2D eigenvalue weighted by atomic mass is 9.97. The number of carbonyl (C=O) groups is 1. The molecule has 0 radical (unpaired) electrons. The number of amides is 1. The molecule has 1 aliphatic rings. The molecule has 0 spiro atoms. The number of rotatable bonds is 8. The topological polar surface area (TPSA) is 69.7 Å². The molecule has 29 heavy (non-hydrogen) atoms. The quantitative estimate of drug-likeness (QED) is 0.698. The minimum Gasteiger partial charge on any atom is -0.355 e. The Hall–Kier alpha value is -1.44. The molecule has 1 amide bonds. The minimum absolute atomic E-state index is 0.0490. The molecule has 164 valence electrons. The predicted molar refractivity (Wildman–Crippen MR) is 118 cm³/mol. The summed E-state index contributed by atoms with van der Waals surface area (Å²) in [5.41, 5.74) is 3.64. The van der Waals surface area contributed by atoms with E-state index in [0.29, 0.717) is 37.4 Å². The second-order valence-electron chi connectivity index (χ2n) is 8.09. The first-order valence-electron chi connectivity index (χ1n) is 10.7. The summed E-state index contributed by atoms with van der Waals surface area (Å²) >= 11 is 0. The van der Waals surface area contributed by atoms with Crippen molar-refractivity contribution in [2.45, 2.75) is 59.3 Å². The van der Waals surface area contributed by atoms with E-state index in [1.54, 1.807) is 4.31 Å². The number of hydrogen-bond donors (Lipinski definition) is 1. The highest BCUT2D eigenvalue weighted by atomic mass is 32.2. The van der Waals surface area contributed by atoms with Gasteiger partial charge >= 0.3 is 0 Å². The number of carbonyl (C=O) groups excluding carboxylic acids is 1. The molecule has 1 fully saturated rings. The Labute approximate surface area is 176 Å². The number of nitrogens with zero attached hydrogens (tertiary/aromatic N) is 2. The SMILES string of the molecule is CCN(CC)CCNC(=O)C1CCN(S(=O)(=O)c2c(C)c(C)cc(C)c2C)CC1. The minimum atomic E-state index is -3.56.